The van der Waals surface area contributed by atoms with Gasteiger partial charge in [0, 0.05) is 24.5 Å². The van der Waals surface area contributed by atoms with Crippen LogP contribution in [0.5, 0.6) is 0 Å². The van der Waals surface area contributed by atoms with Gasteiger partial charge >= 0.3 is 0 Å². The first-order valence-corrected chi connectivity index (χ1v) is 5.43. The maximum Gasteiger partial charge on any atom is 0.250 e. The van der Waals surface area contributed by atoms with Crippen molar-refractivity contribution in [3.63, 3.8) is 0 Å². The molecule has 0 unspecified atom stereocenters. The zero-order valence-electron chi connectivity index (χ0n) is 9.32. The van der Waals surface area contributed by atoms with Crippen LogP contribution in [0.3, 0.4) is 0 Å². The molecule has 1 amide bonds. The number of benzene rings is 1. The maximum absolute atomic E-state index is 11.3. The van der Waals surface area contributed by atoms with Crippen molar-refractivity contribution in [2.24, 2.45) is 0 Å². The molecule has 0 heterocycles. The highest BCUT2D eigenvalue weighted by atomic mass is 16.5. The van der Waals surface area contributed by atoms with Crippen LogP contribution in [0.2, 0.25) is 0 Å². The van der Waals surface area contributed by atoms with Crippen LogP contribution in [0.4, 0.5) is 11.4 Å². The number of amides is 1. The Morgan fingerprint density at radius 1 is 1.44 bits per heavy atom. The van der Waals surface area contributed by atoms with Crippen molar-refractivity contribution in [3.8, 4) is 0 Å². The van der Waals surface area contributed by atoms with Gasteiger partial charge < -0.3 is 15.4 Å². The standard InChI is InChI=1S/C12H16N2O2/c1-16-8-12(15)14-11-4-2-3-10(7-11)13-9-5-6-9/h2-4,7,9,13H,5-6,8H2,1H3,(H,14,15). The number of anilines is 2. The van der Waals surface area contributed by atoms with E-state index >= 15 is 0 Å². The lowest BCUT2D eigenvalue weighted by molar-refractivity contribution is -0.119. The van der Waals surface area contributed by atoms with E-state index in [0.29, 0.717) is 6.04 Å². The summed E-state index contributed by atoms with van der Waals surface area (Å²) in [5, 5.41) is 6.15. The first-order valence-electron chi connectivity index (χ1n) is 5.43. The van der Waals surface area contributed by atoms with Gasteiger partial charge in [-0.25, -0.2) is 0 Å². The molecular formula is C12H16N2O2. The average molecular weight is 220 g/mol. The minimum atomic E-state index is -0.133. The van der Waals surface area contributed by atoms with Crippen LogP contribution in [0.1, 0.15) is 12.8 Å². The highest BCUT2D eigenvalue weighted by molar-refractivity contribution is 5.92. The molecular weight excluding hydrogens is 204 g/mol. The Morgan fingerprint density at radius 3 is 2.88 bits per heavy atom. The Balaban J connectivity index is 1.94. The molecule has 0 atom stereocenters. The van der Waals surface area contributed by atoms with Crippen LogP contribution in [0, 0.1) is 0 Å². The molecule has 1 saturated carbocycles. The number of methoxy groups -OCH3 is 1. The normalized spacial score (nSPS) is 14.6. The predicted molar refractivity (Wildman–Crippen MR) is 63.6 cm³/mol. The third kappa shape index (κ3) is 3.24. The summed E-state index contributed by atoms with van der Waals surface area (Å²) in [5.41, 5.74) is 1.85. The minimum absolute atomic E-state index is 0.0836. The molecule has 0 spiro atoms. The molecule has 1 aliphatic carbocycles. The summed E-state index contributed by atoms with van der Waals surface area (Å²) in [4.78, 5) is 11.3. The summed E-state index contributed by atoms with van der Waals surface area (Å²) >= 11 is 0. The van der Waals surface area contributed by atoms with Crippen molar-refractivity contribution >= 4 is 17.3 Å². The fourth-order valence-corrected chi connectivity index (χ4v) is 1.48. The van der Waals surface area contributed by atoms with Gasteiger partial charge in [0.2, 0.25) is 5.91 Å². The molecule has 0 aromatic heterocycles. The van der Waals surface area contributed by atoms with Crippen LogP contribution < -0.4 is 10.6 Å². The highest BCUT2D eigenvalue weighted by Crippen LogP contribution is 2.25. The fraction of sp³-hybridized carbons (Fsp3) is 0.417. The summed E-state index contributed by atoms with van der Waals surface area (Å²) in [6.45, 7) is 0.0836. The quantitative estimate of drug-likeness (QED) is 0.796. The zero-order valence-corrected chi connectivity index (χ0v) is 9.32. The summed E-state index contributed by atoms with van der Waals surface area (Å²) < 4.78 is 4.75. The van der Waals surface area contributed by atoms with Gasteiger partial charge in [-0.3, -0.25) is 4.79 Å². The number of hydrogen-bond acceptors (Lipinski definition) is 3. The molecule has 1 aromatic carbocycles. The van der Waals surface area contributed by atoms with Crippen LogP contribution in [0.15, 0.2) is 24.3 Å². The van der Waals surface area contributed by atoms with Gasteiger partial charge in [-0.2, -0.15) is 0 Å². The fourth-order valence-electron chi connectivity index (χ4n) is 1.48. The van der Waals surface area contributed by atoms with Crippen LogP contribution in [-0.2, 0) is 9.53 Å². The lowest BCUT2D eigenvalue weighted by atomic mass is 10.2. The first kappa shape index (κ1) is 11.0. The predicted octanol–water partition coefficient (Wildman–Crippen LogP) is 1.85. The maximum atomic E-state index is 11.3. The first-order chi connectivity index (χ1) is 7.78. The topological polar surface area (TPSA) is 50.4 Å². The van der Waals surface area contributed by atoms with E-state index in [1.807, 2.05) is 24.3 Å². The summed E-state index contributed by atoms with van der Waals surface area (Å²) in [6.07, 6.45) is 2.47. The van der Waals surface area contributed by atoms with Gasteiger partial charge in [-0.15, -0.1) is 0 Å². The minimum Gasteiger partial charge on any atom is -0.382 e. The second-order valence-corrected chi connectivity index (χ2v) is 3.98. The van der Waals surface area contributed by atoms with E-state index in [-0.39, 0.29) is 12.5 Å². The molecule has 4 heteroatoms. The number of rotatable bonds is 5. The van der Waals surface area contributed by atoms with Gasteiger partial charge in [0.05, 0.1) is 0 Å². The average Bonchev–Trinajstić information content (AvgIpc) is 3.02. The van der Waals surface area contributed by atoms with Crippen molar-refractivity contribution < 1.29 is 9.53 Å². The summed E-state index contributed by atoms with van der Waals surface area (Å²) in [5.74, 6) is -0.133. The van der Waals surface area contributed by atoms with E-state index in [1.54, 1.807) is 0 Å². The van der Waals surface area contributed by atoms with Gasteiger partial charge in [-0.1, -0.05) is 6.07 Å². The zero-order chi connectivity index (χ0) is 11.4. The lowest BCUT2D eigenvalue weighted by Crippen LogP contribution is -2.17. The van der Waals surface area contributed by atoms with Crippen molar-refractivity contribution in [3.05, 3.63) is 24.3 Å². The Kier molecular flexibility index (Phi) is 3.41. The van der Waals surface area contributed by atoms with E-state index < -0.39 is 0 Å². The van der Waals surface area contributed by atoms with Crippen LogP contribution in [0.25, 0.3) is 0 Å². The number of hydrogen-bond donors (Lipinski definition) is 2. The molecule has 86 valence electrons. The molecule has 1 aromatic rings. The Morgan fingerprint density at radius 2 is 2.19 bits per heavy atom. The van der Waals surface area contributed by atoms with E-state index in [2.05, 4.69) is 10.6 Å². The van der Waals surface area contributed by atoms with E-state index in [4.69, 9.17) is 4.74 Å². The summed E-state index contributed by atoms with van der Waals surface area (Å²) in [7, 11) is 1.50. The van der Waals surface area contributed by atoms with Crippen LogP contribution >= 0.6 is 0 Å². The van der Waals surface area contributed by atoms with E-state index in [0.717, 1.165) is 11.4 Å². The van der Waals surface area contributed by atoms with Crippen molar-refractivity contribution in [2.45, 2.75) is 18.9 Å². The molecule has 1 fully saturated rings. The number of carbonyl (C=O) groups is 1. The molecule has 2 N–H and O–H groups in total. The number of nitrogens with one attached hydrogen (secondary N) is 2. The molecule has 0 bridgehead atoms. The highest BCUT2D eigenvalue weighted by Gasteiger charge is 2.20. The Hall–Kier alpha value is -1.55. The van der Waals surface area contributed by atoms with Gasteiger partial charge in [0.15, 0.2) is 0 Å². The molecule has 0 radical (unpaired) electrons. The van der Waals surface area contributed by atoms with E-state index in [1.165, 1.54) is 20.0 Å². The van der Waals surface area contributed by atoms with E-state index in [9.17, 15) is 4.79 Å². The Bertz CT molecular complexity index is 375. The Labute approximate surface area is 95.0 Å². The second kappa shape index (κ2) is 4.99. The molecule has 1 aliphatic rings. The van der Waals surface area contributed by atoms with Crippen molar-refractivity contribution in [2.75, 3.05) is 24.4 Å². The number of ether oxygens (including phenoxy) is 1. The molecule has 16 heavy (non-hydrogen) atoms. The van der Waals surface area contributed by atoms with Crippen molar-refractivity contribution in [1.29, 1.82) is 0 Å². The SMILES string of the molecule is COCC(=O)Nc1cccc(NC2CC2)c1. The lowest BCUT2D eigenvalue weighted by Gasteiger charge is -2.08. The molecule has 4 nitrogen and oxygen atoms in total. The molecule has 0 saturated heterocycles. The van der Waals surface area contributed by atoms with Crippen LogP contribution in [-0.4, -0.2) is 25.7 Å². The number of carbonyl (C=O) groups excluding carboxylic acids is 1. The van der Waals surface area contributed by atoms with Gasteiger partial charge in [0.1, 0.15) is 6.61 Å². The molecule has 2 rings (SSSR count). The summed E-state index contributed by atoms with van der Waals surface area (Å²) in [6, 6.07) is 8.35. The molecule has 0 aliphatic heterocycles. The third-order valence-corrected chi connectivity index (χ3v) is 2.37. The van der Waals surface area contributed by atoms with Gasteiger partial charge in [-0.05, 0) is 31.0 Å². The second-order valence-electron chi connectivity index (χ2n) is 3.98. The van der Waals surface area contributed by atoms with Gasteiger partial charge in [0.25, 0.3) is 0 Å². The third-order valence-electron chi connectivity index (χ3n) is 2.37. The monoisotopic (exact) mass is 220 g/mol. The largest absolute Gasteiger partial charge is 0.382 e. The van der Waals surface area contributed by atoms with Crippen molar-refractivity contribution in [1.82, 2.24) is 0 Å². The smallest absolute Gasteiger partial charge is 0.250 e.